The van der Waals surface area contributed by atoms with Crippen LogP contribution in [0.15, 0.2) is 42.5 Å². The highest BCUT2D eigenvalue weighted by molar-refractivity contribution is 5.91. The van der Waals surface area contributed by atoms with E-state index in [1.165, 1.54) is 5.57 Å². The monoisotopic (exact) mass is 344 g/mol. The normalized spacial score (nSPS) is 19.2. The zero-order valence-electron chi connectivity index (χ0n) is 13.9. The molecule has 2 aliphatic rings. The Morgan fingerprint density at radius 2 is 2.19 bits per heavy atom. The molecule has 3 aromatic heterocycles. The first-order valence-electron chi connectivity index (χ1n) is 8.67. The Kier molecular flexibility index (Phi) is 2.68. The molecule has 3 N–H and O–H groups in total. The Morgan fingerprint density at radius 1 is 1.19 bits per heavy atom. The third-order valence-corrected chi connectivity index (χ3v) is 5.26. The molecule has 8 heteroatoms. The summed E-state index contributed by atoms with van der Waals surface area (Å²) in [6.07, 6.45) is 5.62. The Labute approximate surface area is 148 Å². The number of imidazole rings is 1. The van der Waals surface area contributed by atoms with Crippen LogP contribution < -0.4 is 10.2 Å². The van der Waals surface area contributed by atoms with E-state index in [0.717, 1.165) is 53.3 Å². The molecule has 1 saturated heterocycles. The number of aromatic amines is 2. The van der Waals surface area contributed by atoms with Gasteiger partial charge in [0.05, 0.1) is 18.0 Å². The van der Waals surface area contributed by atoms with Crippen LogP contribution in [-0.4, -0.2) is 49.8 Å². The molecule has 0 saturated carbocycles. The zero-order chi connectivity index (χ0) is 17.1. The van der Waals surface area contributed by atoms with Gasteiger partial charge >= 0.3 is 0 Å². The van der Waals surface area contributed by atoms with Crippen molar-refractivity contribution in [3.63, 3.8) is 0 Å². The van der Waals surface area contributed by atoms with Crippen molar-refractivity contribution in [3.8, 4) is 11.3 Å². The molecule has 4 aromatic rings. The fourth-order valence-electron chi connectivity index (χ4n) is 3.90. The van der Waals surface area contributed by atoms with Crippen molar-refractivity contribution in [2.45, 2.75) is 0 Å². The molecule has 1 unspecified atom stereocenters. The third-order valence-electron chi connectivity index (χ3n) is 5.26. The van der Waals surface area contributed by atoms with Crippen LogP contribution >= 0.6 is 0 Å². The van der Waals surface area contributed by atoms with Gasteiger partial charge in [0.15, 0.2) is 5.65 Å². The maximum absolute atomic E-state index is 4.91. The highest BCUT2D eigenvalue weighted by Crippen LogP contribution is 2.32. The van der Waals surface area contributed by atoms with E-state index in [2.05, 4.69) is 59.8 Å². The van der Waals surface area contributed by atoms with Gasteiger partial charge in [-0.05, 0) is 17.8 Å². The molecule has 0 aliphatic carbocycles. The van der Waals surface area contributed by atoms with E-state index >= 15 is 0 Å². The topological polar surface area (TPSA) is 98.4 Å². The number of fused-ring (bicyclic) bond motifs is 3. The number of aromatic nitrogens is 6. The maximum Gasteiger partial charge on any atom is 0.228 e. The van der Waals surface area contributed by atoms with E-state index in [0.29, 0.717) is 11.6 Å². The van der Waals surface area contributed by atoms with Crippen LogP contribution in [0.1, 0.15) is 0 Å². The van der Waals surface area contributed by atoms with Gasteiger partial charge in [-0.1, -0.05) is 12.1 Å². The summed E-state index contributed by atoms with van der Waals surface area (Å²) in [6, 6.07) is 6.18. The van der Waals surface area contributed by atoms with Crippen molar-refractivity contribution < 1.29 is 0 Å². The quantitative estimate of drug-likeness (QED) is 0.513. The van der Waals surface area contributed by atoms with Gasteiger partial charge in [0.2, 0.25) is 5.95 Å². The molecule has 1 fully saturated rings. The summed E-state index contributed by atoms with van der Waals surface area (Å²) in [4.78, 5) is 19.4. The molecule has 0 amide bonds. The predicted molar refractivity (Wildman–Crippen MR) is 98.6 cm³/mol. The van der Waals surface area contributed by atoms with E-state index < -0.39 is 0 Å². The van der Waals surface area contributed by atoms with E-state index in [1.807, 2.05) is 6.20 Å². The van der Waals surface area contributed by atoms with Gasteiger partial charge in [0.25, 0.3) is 0 Å². The molecule has 26 heavy (non-hydrogen) atoms. The third kappa shape index (κ3) is 1.95. The van der Waals surface area contributed by atoms with Gasteiger partial charge < -0.3 is 15.2 Å². The molecule has 2 aliphatic heterocycles. The molecule has 1 aromatic carbocycles. The second kappa shape index (κ2) is 5.04. The Balaban J connectivity index is 1.50. The number of H-pyrrole nitrogens is 2. The summed E-state index contributed by atoms with van der Waals surface area (Å²) in [6.45, 7) is 2.81. The molecule has 0 radical (unpaired) electrons. The van der Waals surface area contributed by atoms with Crippen LogP contribution in [-0.2, 0) is 0 Å². The van der Waals surface area contributed by atoms with Gasteiger partial charge in [0, 0.05) is 36.5 Å². The standard InChI is InChI=1S/C18H16N8/c1-2-11-6-22-25-14(11)3-10(1)15-16-17(21-9-20-16)24-18(23-15)26-7-12-4-19-5-13(12)8-26/h1-4,6,9,13,19H,5,7-8H2,(H,22,25)(H,20,21,23,24). The maximum atomic E-state index is 4.91. The zero-order valence-corrected chi connectivity index (χ0v) is 13.9. The van der Waals surface area contributed by atoms with Crippen molar-refractivity contribution >= 4 is 28.0 Å². The fraction of sp³-hybridized carbons (Fsp3) is 0.222. The van der Waals surface area contributed by atoms with Gasteiger partial charge in [0.1, 0.15) is 11.2 Å². The van der Waals surface area contributed by atoms with Crippen molar-refractivity contribution in [1.29, 1.82) is 0 Å². The highest BCUT2D eigenvalue weighted by atomic mass is 15.3. The van der Waals surface area contributed by atoms with Crippen molar-refractivity contribution in [2.24, 2.45) is 5.92 Å². The summed E-state index contributed by atoms with van der Waals surface area (Å²) < 4.78 is 0. The van der Waals surface area contributed by atoms with Crippen LogP contribution in [0.3, 0.4) is 0 Å². The lowest BCUT2D eigenvalue weighted by Crippen LogP contribution is -2.25. The Hall–Kier alpha value is -3.42. The number of benzene rings is 1. The summed E-state index contributed by atoms with van der Waals surface area (Å²) in [5.41, 5.74) is 5.84. The van der Waals surface area contributed by atoms with Crippen LogP contribution in [0.5, 0.6) is 0 Å². The first kappa shape index (κ1) is 13.8. The lowest BCUT2D eigenvalue weighted by Gasteiger charge is -2.17. The van der Waals surface area contributed by atoms with Gasteiger partial charge in [-0.15, -0.1) is 0 Å². The summed E-state index contributed by atoms with van der Waals surface area (Å²) in [5, 5.41) is 11.5. The first-order valence-corrected chi connectivity index (χ1v) is 8.67. The molecule has 8 nitrogen and oxygen atoms in total. The van der Waals surface area contributed by atoms with Crippen molar-refractivity contribution in [2.75, 3.05) is 24.5 Å². The molecule has 1 atom stereocenters. The molecule has 0 spiro atoms. The van der Waals surface area contributed by atoms with Gasteiger partial charge in [-0.25, -0.2) is 9.97 Å². The molecular weight excluding hydrogens is 328 g/mol. The van der Waals surface area contributed by atoms with E-state index in [4.69, 9.17) is 4.98 Å². The molecular formula is C18H16N8. The van der Waals surface area contributed by atoms with Crippen LogP contribution in [0, 0.1) is 5.92 Å². The fourth-order valence-corrected chi connectivity index (χ4v) is 3.90. The number of rotatable bonds is 2. The minimum Gasteiger partial charge on any atom is -0.390 e. The largest absolute Gasteiger partial charge is 0.390 e. The number of nitrogens with one attached hydrogen (secondary N) is 3. The smallest absolute Gasteiger partial charge is 0.228 e. The van der Waals surface area contributed by atoms with Crippen LogP contribution in [0.2, 0.25) is 0 Å². The van der Waals surface area contributed by atoms with E-state index in [-0.39, 0.29) is 0 Å². The van der Waals surface area contributed by atoms with E-state index in [1.54, 1.807) is 6.33 Å². The minimum absolute atomic E-state index is 0.554. The summed E-state index contributed by atoms with van der Waals surface area (Å²) in [7, 11) is 0. The van der Waals surface area contributed by atoms with Crippen molar-refractivity contribution in [3.05, 3.63) is 42.5 Å². The Morgan fingerprint density at radius 3 is 3.15 bits per heavy atom. The van der Waals surface area contributed by atoms with E-state index in [9.17, 15) is 0 Å². The molecule has 5 heterocycles. The lowest BCUT2D eigenvalue weighted by atomic mass is 10.1. The predicted octanol–water partition coefficient (Wildman–Crippen LogP) is 1.82. The average Bonchev–Trinajstić information content (AvgIpc) is 3.42. The Bertz CT molecular complexity index is 1170. The van der Waals surface area contributed by atoms with Gasteiger partial charge in [-0.2, -0.15) is 10.1 Å². The second-order valence-corrected chi connectivity index (χ2v) is 6.85. The number of nitrogens with zero attached hydrogens (tertiary/aromatic N) is 5. The average molecular weight is 344 g/mol. The minimum atomic E-state index is 0.554. The van der Waals surface area contributed by atoms with Crippen molar-refractivity contribution in [1.82, 2.24) is 35.5 Å². The highest BCUT2D eigenvalue weighted by Gasteiger charge is 2.32. The lowest BCUT2D eigenvalue weighted by molar-refractivity contribution is 0.673. The van der Waals surface area contributed by atoms with Crippen LogP contribution in [0.4, 0.5) is 5.95 Å². The number of anilines is 1. The molecule has 128 valence electrons. The number of hydrogen-bond donors (Lipinski definition) is 3. The van der Waals surface area contributed by atoms with Crippen LogP contribution in [0.25, 0.3) is 33.3 Å². The molecule has 6 rings (SSSR count). The first-order chi connectivity index (χ1) is 12.8. The second-order valence-electron chi connectivity index (χ2n) is 6.85. The SMILES string of the molecule is C1=C2CN(c3nc(-c4ccc5cn[nH]c5c4)c4[nH]cnc4n3)CC2CN1. The summed E-state index contributed by atoms with van der Waals surface area (Å²) >= 11 is 0. The van der Waals surface area contributed by atoms with Gasteiger partial charge in [-0.3, -0.25) is 5.10 Å². The number of hydrogen-bond acceptors (Lipinski definition) is 6. The molecule has 0 bridgehead atoms. The summed E-state index contributed by atoms with van der Waals surface area (Å²) in [5.74, 6) is 1.29.